The second-order valence-electron chi connectivity index (χ2n) is 9.33. The maximum absolute atomic E-state index is 14.1. The number of amides is 1. The molecule has 38 heavy (non-hydrogen) atoms. The van der Waals surface area contributed by atoms with Crippen molar-refractivity contribution in [3.8, 4) is 0 Å². The summed E-state index contributed by atoms with van der Waals surface area (Å²) in [7, 11) is 0. The molecule has 192 valence electrons. The highest BCUT2D eigenvalue weighted by molar-refractivity contribution is 6.27. The Morgan fingerprint density at radius 2 is 1.74 bits per heavy atom. The Morgan fingerprint density at radius 3 is 2.47 bits per heavy atom. The van der Waals surface area contributed by atoms with Crippen molar-refractivity contribution in [1.29, 1.82) is 0 Å². The van der Waals surface area contributed by atoms with Gasteiger partial charge in [-0.1, -0.05) is 49.4 Å². The minimum Gasteiger partial charge on any atom is -0.298 e. The molecule has 0 aliphatic carbocycles. The topological polar surface area (TPSA) is 71.7 Å². The average Bonchev–Trinajstić information content (AvgIpc) is 3.48. The van der Waals surface area contributed by atoms with Crippen LogP contribution in [0.25, 0.3) is 10.9 Å². The summed E-state index contributed by atoms with van der Waals surface area (Å²) < 4.78 is 29.8. The van der Waals surface area contributed by atoms with Crippen LogP contribution in [0.2, 0.25) is 0 Å². The Labute approximate surface area is 218 Å². The summed E-state index contributed by atoms with van der Waals surface area (Å²) in [5.74, 6) is -5.25. The van der Waals surface area contributed by atoms with E-state index in [1.165, 1.54) is 34.7 Å². The number of hydrogen-bond donors (Lipinski definition) is 0. The van der Waals surface area contributed by atoms with Gasteiger partial charge in [0.05, 0.1) is 16.9 Å². The first-order chi connectivity index (χ1) is 18.2. The van der Waals surface area contributed by atoms with E-state index in [9.17, 15) is 23.2 Å². The SMILES string of the molecule is CCC(F)(F)c1cccc(CC(=O)C2C(=O)N(c3ccc4ccn(C(=O)c5ccccc5)c4c3)N=C2C)c1. The van der Waals surface area contributed by atoms with Crippen LogP contribution in [0.5, 0.6) is 0 Å². The van der Waals surface area contributed by atoms with Gasteiger partial charge in [-0.15, -0.1) is 0 Å². The monoisotopic (exact) mass is 513 g/mol. The summed E-state index contributed by atoms with van der Waals surface area (Å²) >= 11 is 0. The molecule has 1 aliphatic heterocycles. The molecule has 1 aliphatic rings. The molecule has 0 fully saturated rings. The van der Waals surface area contributed by atoms with Gasteiger partial charge in [-0.25, -0.2) is 8.78 Å². The lowest BCUT2D eigenvalue weighted by molar-refractivity contribution is -0.128. The highest BCUT2D eigenvalue weighted by atomic mass is 19.3. The standard InChI is InChI=1S/C30H25F2N3O3/c1-3-30(31,32)23-11-7-8-20(16-23)17-26(36)27-19(2)33-35(29(27)38)24-13-12-21-14-15-34(25(21)18-24)28(37)22-9-5-4-6-10-22/h4-16,18,27H,3,17H2,1-2H3. The molecule has 6 nitrogen and oxygen atoms in total. The molecule has 1 unspecified atom stereocenters. The van der Waals surface area contributed by atoms with Crippen molar-refractivity contribution in [1.82, 2.24) is 4.57 Å². The lowest BCUT2D eigenvalue weighted by Gasteiger charge is -2.16. The molecule has 0 saturated carbocycles. The highest BCUT2D eigenvalue weighted by Gasteiger charge is 2.39. The summed E-state index contributed by atoms with van der Waals surface area (Å²) in [5, 5.41) is 6.32. The summed E-state index contributed by atoms with van der Waals surface area (Å²) in [6.07, 6.45) is 1.15. The van der Waals surface area contributed by atoms with Crippen molar-refractivity contribution in [2.24, 2.45) is 11.0 Å². The Hall–Kier alpha value is -4.46. The lowest BCUT2D eigenvalue weighted by Crippen LogP contribution is -2.33. The number of Topliss-reactive ketones (excluding diaryl/α,β-unsaturated/α-hetero) is 1. The van der Waals surface area contributed by atoms with Crippen LogP contribution < -0.4 is 5.01 Å². The summed E-state index contributed by atoms with van der Waals surface area (Å²) in [4.78, 5) is 39.5. The minimum absolute atomic E-state index is 0.156. The molecule has 0 radical (unpaired) electrons. The minimum atomic E-state index is -2.99. The van der Waals surface area contributed by atoms with Crippen molar-refractivity contribution in [3.63, 3.8) is 0 Å². The number of carbonyl (C=O) groups is 3. The molecule has 0 N–H and O–H groups in total. The molecule has 4 aromatic rings. The van der Waals surface area contributed by atoms with Crippen molar-refractivity contribution >= 4 is 39.9 Å². The van der Waals surface area contributed by atoms with E-state index in [4.69, 9.17) is 0 Å². The first-order valence-corrected chi connectivity index (χ1v) is 12.3. The number of aromatic nitrogens is 1. The Morgan fingerprint density at radius 1 is 0.974 bits per heavy atom. The molecular weight excluding hydrogens is 488 g/mol. The van der Waals surface area contributed by atoms with Crippen LogP contribution >= 0.6 is 0 Å². The van der Waals surface area contributed by atoms with Crippen molar-refractivity contribution in [3.05, 3.63) is 102 Å². The molecule has 1 amide bonds. The fourth-order valence-corrected chi connectivity index (χ4v) is 4.68. The normalized spacial score (nSPS) is 15.7. The summed E-state index contributed by atoms with van der Waals surface area (Å²) in [5.41, 5.74) is 2.12. The molecule has 3 aromatic carbocycles. The number of rotatable bonds is 7. The van der Waals surface area contributed by atoms with Gasteiger partial charge in [0.15, 0.2) is 5.78 Å². The molecule has 8 heteroatoms. The highest BCUT2D eigenvalue weighted by Crippen LogP contribution is 2.33. The number of alkyl halides is 2. The summed E-state index contributed by atoms with van der Waals surface area (Å²) in [6.45, 7) is 3.00. The van der Waals surface area contributed by atoms with Gasteiger partial charge in [-0.3, -0.25) is 19.0 Å². The zero-order chi connectivity index (χ0) is 27.0. The number of nitrogens with zero attached hydrogens (tertiary/aromatic N) is 3. The molecule has 2 heterocycles. The number of hydrazone groups is 1. The second kappa shape index (κ2) is 9.78. The Kier molecular flexibility index (Phi) is 6.48. The second-order valence-corrected chi connectivity index (χ2v) is 9.33. The van der Waals surface area contributed by atoms with E-state index in [1.54, 1.807) is 61.7 Å². The van der Waals surface area contributed by atoms with E-state index in [2.05, 4.69) is 5.10 Å². The van der Waals surface area contributed by atoms with Gasteiger partial charge in [0.1, 0.15) is 5.92 Å². The van der Waals surface area contributed by atoms with Crippen LogP contribution in [0, 0.1) is 5.92 Å². The van der Waals surface area contributed by atoms with Gasteiger partial charge in [-0.2, -0.15) is 10.1 Å². The van der Waals surface area contributed by atoms with Gasteiger partial charge in [0.2, 0.25) is 0 Å². The maximum Gasteiger partial charge on any atom is 0.273 e. The van der Waals surface area contributed by atoms with Gasteiger partial charge in [0.25, 0.3) is 17.7 Å². The van der Waals surface area contributed by atoms with Gasteiger partial charge >= 0.3 is 0 Å². The van der Waals surface area contributed by atoms with Crippen LogP contribution in [0.3, 0.4) is 0 Å². The average molecular weight is 514 g/mol. The van der Waals surface area contributed by atoms with Gasteiger partial charge in [0, 0.05) is 35.6 Å². The smallest absolute Gasteiger partial charge is 0.273 e. The van der Waals surface area contributed by atoms with E-state index in [0.29, 0.717) is 28.0 Å². The fraction of sp³-hybridized carbons (Fsp3) is 0.200. The first kappa shape index (κ1) is 25.2. The Bertz CT molecular complexity index is 1590. The molecule has 1 aromatic heterocycles. The number of anilines is 1. The third-order valence-electron chi connectivity index (χ3n) is 6.79. The molecule has 1 atom stereocenters. The zero-order valence-corrected chi connectivity index (χ0v) is 20.9. The van der Waals surface area contributed by atoms with E-state index in [1.807, 2.05) is 12.1 Å². The van der Waals surface area contributed by atoms with Gasteiger partial charge in [-0.05, 0) is 48.9 Å². The fourth-order valence-electron chi connectivity index (χ4n) is 4.68. The molecule has 5 rings (SSSR count). The predicted octanol–water partition coefficient (Wildman–Crippen LogP) is 5.98. The van der Waals surface area contributed by atoms with Crippen LogP contribution in [0.4, 0.5) is 14.5 Å². The number of ketones is 1. The molecule has 0 spiro atoms. The molecular formula is C30H25F2N3O3. The number of carbonyl (C=O) groups excluding carboxylic acids is 3. The van der Waals surface area contributed by atoms with E-state index < -0.39 is 23.5 Å². The third-order valence-corrected chi connectivity index (χ3v) is 6.79. The summed E-state index contributed by atoms with van der Waals surface area (Å²) in [6, 6.07) is 21.6. The Balaban J connectivity index is 1.39. The van der Waals surface area contributed by atoms with Crippen LogP contribution in [0.15, 0.2) is 90.2 Å². The largest absolute Gasteiger partial charge is 0.298 e. The molecule has 0 saturated heterocycles. The van der Waals surface area contributed by atoms with Crippen LogP contribution in [0.1, 0.15) is 41.8 Å². The maximum atomic E-state index is 14.1. The van der Waals surface area contributed by atoms with E-state index in [0.717, 1.165) is 5.39 Å². The van der Waals surface area contributed by atoms with Crippen molar-refractivity contribution in [2.45, 2.75) is 32.6 Å². The zero-order valence-electron chi connectivity index (χ0n) is 20.9. The first-order valence-electron chi connectivity index (χ1n) is 12.3. The number of halogens is 2. The van der Waals surface area contributed by atoms with E-state index in [-0.39, 0.29) is 24.3 Å². The van der Waals surface area contributed by atoms with Crippen molar-refractivity contribution in [2.75, 3.05) is 5.01 Å². The quantitative estimate of drug-likeness (QED) is 0.285. The number of benzene rings is 3. The number of fused-ring (bicyclic) bond motifs is 1. The lowest BCUT2D eigenvalue weighted by atomic mass is 9.92. The van der Waals surface area contributed by atoms with Gasteiger partial charge < -0.3 is 0 Å². The van der Waals surface area contributed by atoms with Crippen LogP contribution in [-0.2, 0) is 21.9 Å². The predicted molar refractivity (Wildman–Crippen MR) is 142 cm³/mol. The third kappa shape index (κ3) is 4.53. The van der Waals surface area contributed by atoms with E-state index >= 15 is 0 Å². The number of hydrogen-bond acceptors (Lipinski definition) is 4. The molecule has 0 bridgehead atoms. The van der Waals surface area contributed by atoms with Crippen LogP contribution in [-0.4, -0.2) is 27.9 Å². The van der Waals surface area contributed by atoms with Crippen molar-refractivity contribution < 1.29 is 23.2 Å².